The standard InChI is InChI=1S/C10H14N2O2/c13-9-4-5-10(14)12(9)8-3-1-2-6-11-7-8/h4-5,8,11H,1-3,6-7H2. The molecule has 1 saturated heterocycles. The fourth-order valence-electron chi connectivity index (χ4n) is 1.99. The number of carbonyl (C=O) groups is 2. The summed E-state index contributed by atoms with van der Waals surface area (Å²) in [5.74, 6) is -0.326. The van der Waals surface area contributed by atoms with Crippen LogP contribution in [0.5, 0.6) is 0 Å². The largest absolute Gasteiger partial charge is 0.315 e. The molecule has 0 spiro atoms. The molecule has 4 heteroatoms. The molecule has 0 saturated carbocycles. The van der Waals surface area contributed by atoms with Crippen LogP contribution in [-0.2, 0) is 9.59 Å². The molecule has 0 aliphatic carbocycles. The number of nitrogens with one attached hydrogen (secondary N) is 1. The summed E-state index contributed by atoms with van der Waals surface area (Å²) >= 11 is 0. The van der Waals surface area contributed by atoms with E-state index in [4.69, 9.17) is 0 Å². The maximum absolute atomic E-state index is 11.4. The number of carbonyl (C=O) groups excluding carboxylic acids is 2. The van der Waals surface area contributed by atoms with Gasteiger partial charge in [-0.3, -0.25) is 14.5 Å². The molecule has 1 fully saturated rings. The van der Waals surface area contributed by atoms with Gasteiger partial charge < -0.3 is 5.32 Å². The Hall–Kier alpha value is -1.16. The lowest BCUT2D eigenvalue weighted by atomic mass is 10.1. The lowest BCUT2D eigenvalue weighted by Gasteiger charge is -2.24. The molecule has 2 rings (SSSR count). The number of hydrogen-bond donors (Lipinski definition) is 1. The van der Waals surface area contributed by atoms with E-state index in [1.807, 2.05) is 0 Å². The van der Waals surface area contributed by atoms with Crippen LogP contribution in [0.2, 0.25) is 0 Å². The predicted molar refractivity (Wildman–Crippen MR) is 51.5 cm³/mol. The van der Waals surface area contributed by atoms with E-state index in [1.54, 1.807) is 0 Å². The molecule has 0 aromatic heterocycles. The van der Waals surface area contributed by atoms with Crippen LogP contribution in [0.4, 0.5) is 0 Å². The Balaban J connectivity index is 2.06. The van der Waals surface area contributed by atoms with Crippen molar-refractivity contribution in [2.45, 2.75) is 25.3 Å². The van der Waals surface area contributed by atoms with Crippen LogP contribution in [-0.4, -0.2) is 35.8 Å². The maximum Gasteiger partial charge on any atom is 0.253 e. The molecule has 2 aliphatic heterocycles. The summed E-state index contributed by atoms with van der Waals surface area (Å²) in [6.45, 7) is 1.72. The van der Waals surface area contributed by atoms with Crippen molar-refractivity contribution in [1.82, 2.24) is 10.2 Å². The molecule has 1 N–H and O–H groups in total. The van der Waals surface area contributed by atoms with E-state index in [0.717, 1.165) is 32.4 Å². The Morgan fingerprint density at radius 1 is 1.21 bits per heavy atom. The molecule has 0 aromatic carbocycles. The van der Waals surface area contributed by atoms with Crippen LogP contribution in [0.15, 0.2) is 12.2 Å². The van der Waals surface area contributed by atoms with Gasteiger partial charge in [-0.05, 0) is 19.4 Å². The molecule has 1 unspecified atom stereocenters. The van der Waals surface area contributed by atoms with Crippen molar-refractivity contribution in [1.29, 1.82) is 0 Å². The topological polar surface area (TPSA) is 49.4 Å². The molecule has 2 amide bonds. The fourth-order valence-corrected chi connectivity index (χ4v) is 1.99. The average molecular weight is 194 g/mol. The van der Waals surface area contributed by atoms with Gasteiger partial charge in [0, 0.05) is 18.7 Å². The minimum absolute atomic E-state index is 0.0486. The van der Waals surface area contributed by atoms with Gasteiger partial charge in [0.05, 0.1) is 6.04 Å². The first-order chi connectivity index (χ1) is 6.79. The molecule has 0 radical (unpaired) electrons. The molecule has 2 aliphatic rings. The molecule has 76 valence electrons. The van der Waals surface area contributed by atoms with Gasteiger partial charge in [-0.1, -0.05) is 6.42 Å². The van der Waals surface area contributed by atoms with Gasteiger partial charge in [-0.15, -0.1) is 0 Å². The highest BCUT2D eigenvalue weighted by molar-refractivity contribution is 6.13. The Morgan fingerprint density at radius 2 is 1.93 bits per heavy atom. The molecule has 4 nitrogen and oxygen atoms in total. The maximum atomic E-state index is 11.4. The second-order valence-electron chi connectivity index (χ2n) is 3.73. The number of amides is 2. The highest BCUT2D eigenvalue weighted by Crippen LogP contribution is 2.15. The SMILES string of the molecule is O=C1C=CC(=O)N1C1CCCCNC1. The third kappa shape index (κ3) is 1.70. The van der Waals surface area contributed by atoms with Gasteiger partial charge in [0.2, 0.25) is 0 Å². The number of rotatable bonds is 1. The van der Waals surface area contributed by atoms with Crippen molar-refractivity contribution < 1.29 is 9.59 Å². The summed E-state index contributed by atoms with van der Waals surface area (Å²) in [4.78, 5) is 24.1. The Morgan fingerprint density at radius 3 is 2.64 bits per heavy atom. The van der Waals surface area contributed by atoms with Crippen LogP contribution in [0.1, 0.15) is 19.3 Å². The predicted octanol–water partition coefficient (Wildman–Crippen LogP) is 0.0535. The first-order valence-electron chi connectivity index (χ1n) is 5.05. The number of nitrogens with zero attached hydrogens (tertiary/aromatic N) is 1. The number of imide groups is 1. The van der Waals surface area contributed by atoms with E-state index in [0.29, 0.717) is 0 Å². The summed E-state index contributed by atoms with van der Waals surface area (Å²) in [6, 6.07) is 0.0486. The highest BCUT2D eigenvalue weighted by Gasteiger charge is 2.30. The Bertz CT molecular complexity index is 260. The van der Waals surface area contributed by atoms with E-state index in [9.17, 15) is 9.59 Å². The van der Waals surface area contributed by atoms with Crippen LogP contribution in [0, 0.1) is 0 Å². The first-order valence-corrected chi connectivity index (χ1v) is 5.05. The van der Waals surface area contributed by atoms with Crippen LogP contribution in [0.25, 0.3) is 0 Å². The summed E-state index contributed by atoms with van der Waals surface area (Å²) < 4.78 is 0. The van der Waals surface area contributed by atoms with Crippen molar-refractivity contribution in [3.05, 3.63) is 12.2 Å². The molecule has 0 aromatic rings. The monoisotopic (exact) mass is 194 g/mol. The molecular weight excluding hydrogens is 180 g/mol. The van der Waals surface area contributed by atoms with E-state index in [-0.39, 0.29) is 17.9 Å². The van der Waals surface area contributed by atoms with Crippen molar-refractivity contribution in [3.63, 3.8) is 0 Å². The van der Waals surface area contributed by atoms with E-state index in [2.05, 4.69) is 5.32 Å². The summed E-state index contributed by atoms with van der Waals surface area (Å²) in [6.07, 6.45) is 5.83. The van der Waals surface area contributed by atoms with E-state index >= 15 is 0 Å². The highest BCUT2D eigenvalue weighted by atomic mass is 16.2. The zero-order valence-electron chi connectivity index (χ0n) is 8.03. The van der Waals surface area contributed by atoms with Crippen molar-refractivity contribution >= 4 is 11.8 Å². The smallest absolute Gasteiger partial charge is 0.253 e. The Labute approximate surface area is 83.0 Å². The third-order valence-electron chi connectivity index (χ3n) is 2.73. The Kier molecular flexibility index (Phi) is 2.63. The van der Waals surface area contributed by atoms with Crippen molar-refractivity contribution in [3.8, 4) is 0 Å². The lowest BCUT2D eigenvalue weighted by Crippen LogP contribution is -2.44. The van der Waals surface area contributed by atoms with Gasteiger partial charge in [0.15, 0.2) is 0 Å². The second kappa shape index (κ2) is 3.92. The first kappa shape index (κ1) is 9.40. The lowest BCUT2D eigenvalue weighted by molar-refractivity contribution is -0.139. The minimum Gasteiger partial charge on any atom is -0.315 e. The van der Waals surface area contributed by atoms with Crippen LogP contribution in [0.3, 0.4) is 0 Å². The van der Waals surface area contributed by atoms with E-state index < -0.39 is 0 Å². The molecule has 14 heavy (non-hydrogen) atoms. The minimum atomic E-state index is -0.163. The molecule has 0 bridgehead atoms. The van der Waals surface area contributed by atoms with Gasteiger partial charge in [-0.2, -0.15) is 0 Å². The number of hydrogen-bond acceptors (Lipinski definition) is 3. The van der Waals surface area contributed by atoms with Gasteiger partial charge in [-0.25, -0.2) is 0 Å². The van der Waals surface area contributed by atoms with Crippen LogP contribution < -0.4 is 5.32 Å². The van der Waals surface area contributed by atoms with Gasteiger partial charge in [0.25, 0.3) is 11.8 Å². The summed E-state index contributed by atoms with van der Waals surface area (Å²) in [5, 5.41) is 3.24. The molecular formula is C10H14N2O2. The van der Waals surface area contributed by atoms with Gasteiger partial charge >= 0.3 is 0 Å². The fraction of sp³-hybridized carbons (Fsp3) is 0.600. The van der Waals surface area contributed by atoms with Crippen molar-refractivity contribution in [2.75, 3.05) is 13.1 Å². The average Bonchev–Trinajstić information content (AvgIpc) is 2.45. The quantitative estimate of drug-likeness (QED) is 0.600. The summed E-state index contributed by atoms with van der Waals surface area (Å²) in [5.41, 5.74) is 0. The van der Waals surface area contributed by atoms with Gasteiger partial charge in [0.1, 0.15) is 0 Å². The van der Waals surface area contributed by atoms with Crippen LogP contribution >= 0.6 is 0 Å². The molecule has 2 heterocycles. The molecule has 1 atom stereocenters. The van der Waals surface area contributed by atoms with E-state index in [1.165, 1.54) is 17.1 Å². The second-order valence-corrected chi connectivity index (χ2v) is 3.73. The third-order valence-corrected chi connectivity index (χ3v) is 2.73. The summed E-state index contributed by atoms with van der Waals surface area (Å²) in [7, 11) is 0. The zero-order chi connectivity index (χ0) is 9.97. The normalized spacial score (nSPS) is 28.3. The van der Waals surface area contributed by atoms with Crippen molar-refractivity contribution in [2.24, 2.45) is 0 Å². The zero-order valence-corrected chi connectivity index (χ0v) is 8.03.